The fourth-order valence-corrected chi connectivity index (χ4v) is 11.5. The molecule has 0 radical (unpaired) electrons. The van der Waals surface area contributed by atoms with Crippen LogP contribution in [0.2, 0.25) is 0 Å². The zero-order valence-electron chi connectivity index (χ0n) is 30.9. The number of benzene rings is 9. The fourth-order valence-electron chi connectivity index (χ4n) is 11.5. The van der Waals surface area contributed by atoms with Gasteiger partial charge in [0.25, 0.3) is 0 Å². The lowest BCUT2D eigenvalue weighted by atomic mass is 9.52. The van der Waals surface area contributed by atoms with E-state index in [0.29, 0.717) is 0 Å². The van der Waals surface area contributed by atoms with Gasteiger partial charge in [0.2, 0.25) is 0 Å². The lowest BCUT2D eigenvalue weighted by Gasteiger charge is -2.48. The van der Waals surface area contributed by atoms with Crippen LogP contribution in [-0.4, -0.2) is 4.57 Å². The minimum atomic E-state index is -0.540. The van der Waals surface area contributed by atoms with Gasteiger partial charge in [0.1, 0.15) is 0 Å². The van der Waals surface area contributed by atoms with Gasteiger partial charge in [-0.15, -0.1) is 0 Å². The highest BCUT2D eigenvalue weighted by molar-refractivity contribution is 6.22. The normalized spacial score (nSPS) is 14.8. The predicted molar refractivity (Wildman–Crippen MR) is 231 cm³/mol. The Morgan fingerprint density at radius 2 is 0.804 bits per heavy atom. The van der Waals surface area contributed by atoms with Crippen LogP contribution in [0.3, 0.4) is 0 Å². The zero-order valence-corrected chi connectivity index (χ0v) is 30.9. The lowest BCUT2D eigenvalue weighted by Crippen LogP contribution is -2.43. The van der Waals surface area contributed by atoms with E-state index in [0.717, 1.165) is 0 Å². The Morgan fingerprint density at radius 3 is 1.38 bits per heavy atom. The van der Waals surface area contributed by atoms with Gasteiger partial charge < -0.3 is 4.57 Å². The summed E-state index contributed by atoms with van der Waals surface area (Å²) in [6, 6.07) is 73.9. The van der Waals surface area contributed by atoms with Gasteiger partial charge in [-0.05, 0) is 115 Å². The predicted octanol–water partition coefficient (Wildman–Crippen LogP) is 13.3. The molecule has 0 N–H and O–H groups in total. The maximum absolute atomic E-state index is 2.57. The first-order valence-electron chi connectivity index (χ1n) is 19.8. The minimum absolute atomic E-state index is 0.455. The van der Waals surface area contributed by atoms with E-state index in [1.807, 2.05) is 0 Å². The number of aryl methyl sites for hydroxylation is 1. The first-order valence-corrected chi connectivity index (χ1v) is 19.8. The van der Waals surface area contributed by atoms with Crippen molar-refractivity contribution in [2.75, 3.05) is 0 Å². The summed E-state index contributed by atoms with van der Waals surface area (Å²) in [4.78, 5) is 0. The molecule has 10 aromatic rings. The van der Waals surface area contributed by atoms with E-state index >= 15 is 0 Å². The summed E-state index contributed by atoms with van der Waals surface area (Å²) in [5.41, 5.74) is 20.1. The van der Waals surface area contributed by atoms with Crippen LogP contribution in [-0.2, 0) is 10.8 Å². The molecule has 0 amide bonds. The van der Waals surface area contributed by atoms with E-state index in [1.54, 1.807) is 0 Å². The molecule has 1 heteroatoms. The van der Waals surface area contributed by atoms with Crippen LogP contribution in [0.25, 0.3) is 60.5 Å². The molecule has 0 bridgehead atoms. The van der Waals surface area contributed by atoms with Crippen molar-refractivity contribution < 1.29 is 0 Å². The summed E-state index contributed by atoms with van der Waals surface area (Å²) in [5.74, 6) is 0. The lowest BCUT2D eigenvalue weighted by molar-refractivity contribution is 0.633. The van der Waals surface area contributed by atoms with Crippen LogP contribution in [0, 0.1) is 6.92 Å². The molecule has 0 atom stereocenters. The summed E-state index contributed by atoms with van der Waals surface area (Å²) in [6.45, 7) is 2.17. The minimum Gasteiger partial charge on any atom is -0.309 e. The third-order valence-corrected chi connectivity index (χ3v) is 13.5. The van der Waals surface area contributed by atoms with Crippen LogP contribution in [0.5, 0.6) is 0 Å². The van der Waals surface area contributed by atoms with E-state index in [1.165, 1.54) is 111 Å². The number of fused-ring (bicyclic) bond motifs is 21. The second-order valence-electron chi connectivity index (χ2n) is 16.0. The van der Waals surface area contributed by atoms with Crippen LogP contribution >= 0.6 is 0 Å². The first-order chi connectivity index (χ1) is 27.7. The van der Waals surface area contributed by atoms with Gasteiger partial charge in [-0.2, -0.15) is 0 Å². The number of rotatable bonds is 1. The monoisotopic (exact) mass is 709 g/mol. The summed E-state index contributed by atoms with van der Waals surface area (Å²) >= 11 is 0. The van der Waals surface area contributed by atoms with Crippen molar-refractivity contribution in [1.82, 2.24) is 4.57 Å². The average molecular weight is 710 g/mol. The molecule has 2 spiro atoms. The molecule has 1 heterocycles. The van der Waals surface area contributed by atoms with E-state index in [2.05, 4.69) is 206 Å². The molecule has 9 aromatic carbocycles. The van der Waals surface area contributed by atoms with Crippen molar-refractivity contribution in [3.05, 3.63) is 244 Å². The Labute approximate surface area is 325 Å². The highest BCUT2D eigenvalue weighted by Gasteiger charge is 2.58. The number of aromatic nitrogens is 1. The van der Waals surface area contributed by atoms with Gasteiger partial charge in [-0.1, -0.05) is 169 Å². The quantitative estimate of drug-likeness (QED) is 0.160. The van der Waals surface area contributed by atoms with Crippen LogP contribution in [0.1, 0.15) is 50.1 Å². The van der Waals surface area contributed by atoms with E-state index in [-0.39, 0.29) is 0 Å². The van der Waals surface area contributed by atoms with Crippen molar-refractivity contribution in [2.45, 2.75) is 17.8 Å². The Morgan fingerprint density at radius 1 is 0.339 bits per heavy atom. The van der Waals surface area contributed by atoms with E-state index in [4.69, 9.17) is 0 Å². The van der Waals surface area contributed by atoms with Crippen molar-refractivity contribution in [2.24, 2.45) is 0 Å². The number of hydrogen-bond donors (Lipinski definition) is 0. The van der Waals surface area contributed by atoms with E-state index in [9.17, 15) is 0 Å². The van der Waals surface area contributed by atoms with Gasteiger partial charge in [-0.25, -0.2) is 0 Å². The molecule has 0 fully saturated rings. The van der Waals surface area contributed by atoms with Crippen molar-refractivity contribution in [3.8, 4) is 27.9 Å². The smallest absolute Gasteiger partial charge is 0.0720 e. The number of hydrogen-bond acceptors (Lipinski definition) is 0. The molecule has 0 saturated carbocycles. The Kier molecular flexibility index (Phi) is 5.76. The summed E-state index contributed by atoms with van der Waals surface area (Å²) in [6.07, 6.45) is 0. The molecule has 3 aliphatic carbocycles. The molecule has 0 unspecified atom stereocenters. The van der Waals surface area contributed by atoms with Gasteiger partial charge in [-0.3, -0.25) is 0 Å². The maximum Gasteiger partial charge on any atom is 0.0720 e. The average Bonchev–Trinajstić information content (AvgIpc) is 3.85. The van der Waals surface area contributed by atoms with Crippen molar-refractivity contribution in [1.29, 1.82) is 0 Å². The van der Waals surface area contributed by atoms with Crippen molar-refractivity contribution in [3.63, 3.8) is 0 Å². The topological polar surface area (TPSA) is 4.93 Å². The zero-order chi connectivity index (χ0) is 36.8. The first kappa shape index (κ1) is 30.4. The highest BCUT2D eigenvalue weighted by atomic mass is 15.0. The highest BCUT2D eigenvalue weighted by Crippen LogP contribution is 2.67. The van der Waals surface area contributed by atoms with Crippen molar-refractivity contribution >= 4 is 32.6 Å². The Balaban J connectivity index is 1.23. The molecule has 13 rings (SSSR count). The Bertz CT molecular complexity index is 3230. The molecular weight excluding hydrogens is 675 g/mol. The largest absolute Gasteiger partial charge is 0.309 e. The molecule has 3 aliphatic rings. The summed E-state index contributed by atoms with van der Waals surface area (Å²) in [5, 5.41) is 5.14. The van der Waals surface area contributed by atoms with Gasteiger partial charge in [0.15, 0.2) is 0 Å². The SMILES string of the molecule is Cc1ccc(-n2c3cc4c(cc3c3c5ccccc5ccc32)-c2ccccc2C42c3ccccc3C3(c4ccccc4-c4ccccc43)c3ccccc32)cc1. The third-order valence-electron chi connectivity index (χ3n) is 13.5. The summed E-state index contributed by atoms with van der Waals surface area (Å²) < 4.78 is 2.51. The molecule has 56 heavy (non-hydrogen) atoms. The van der Waals surface area contributed by atoms with Gasteiger partial charge in [0, 0.05) is 16.5 Å². The van der Waals surface area contributed by atoms with Crippen LogP contribution in [0.15, 0.2) is 194 Å². The summed E-state index contributed by atoms with van der Waals surface area (Å²) in [7, 11) is 0. The molecule has 1 aromatic heterocycles. The van der Waals surface area contributed by atoms with Gasteiger partial charge in [0.05, 0.1) is 21.9 Å². The fraction of sp³-hybridized carbons (Fsp3) is 0.0545. The molecular formula is C55H35N. The van der Waals surface area contributed by atoms with E-state index < -0.39 is 10.8 Å². The second-order valence-corrected chi connectivity index (χ2v) is 16.0. The molecule has 0 aliphatic heterocycles. The molecule has 1 nitrogen and oxygen atoms in total. The Hall–Kier alpha value is -6.96. The van der Waals surface area contributed by atoms with Gasteiger partial charge >= 0.3 is 0 Å². The molecule has 260 valence electrons. The maximum atomic E-state index is 2.57. The third kappa shape index (κ3) is 3.45. The standard InChI is InChI=1S/C55H35N/c1-34-26-29-36(30-27-34)56-51-31-28-35-14-2-3-15-37(35)53(51)42-32-41-40-18-6-9-21-45(40)55(50(41)33-52(42)56)48-24-12-10-22-46(48)54(47-23-11-13-25-49(47)55)43-19-7-4-16-38(43)39-17-5-8-20-44(39)54/h2-33H,1H3. The van der Waals surface area contributed by atoms with Crippen LogP contribution in [0.4, 0.5) is 0 Å². The van der Waals surface area contributed by atoms with Crippen LogP contribution < -0.4 is 0 Å². The number of nitrogens with zero attached hydrogens (tertiary/aromatic N) is 1. The second kappa shape index (κ2) is 10.6. The molecule has 0 saturated heterocycles.